The molecular formula is C17H18ClNO5S. The number of ether oxygens (including phenoxy) is 2. The average molecular weight is 384 g/mol. The van der Waals surface area contributed by atoms with Crippen molar-refractivity contribution in [2.24, 2.45) is 0 Å². The number of esters is 1. The zero-order valence-corrected chi connectivity index (χ0v) is 15.4. The Morgan fingerprint density at radius 1 is 1.12 bits per heavy atom. The van der Waals surface area contributed by atoms with E-state index in [1.807, 2.05) is 0 Å². The molecule has 0 radical (unpaired) electrons. The Kier molecular flexibility index (Phi) is 6.27. The number of carbonyl (C=O) groups excluding carboxylic acids is 1. The molecule has 25 heavy (non-hydrogen) atoms. The maximum Gasteiger partial charge on any atom is 0.338 e. The van der Waals surface area contributed by atoms with Gasteiger partial charge in [0.15, 0.2) is 0 Å². The molecule has 0 saturated carbocycles. The van der Waals surface area contributed by atoms with Crippen LogP contribution >= 0.6 is 11.6 Å². The van der Waals surface area contributed by atoms with Gasteiger partial charge >= 0.3 is 5.97 Å². The zero-order chi connectivity index (χ0) is 18.4. The van der Waals surface area contributed by atoms with Gasteiger partial charge < -0.3 is 9.47 Å². The number of hydrogen-bond donors (Lipinski definition) is 1. The topological polar surface area (TPSA) is 81.7 Å². The summed E-state index contributed by atoms with van der Waals surface area (Å²) in [6.07, 6.45) is 0. The highest BCUT2D eigenvalue weighted by molar-refractivity contribution is 7.92. The smallest absolute Gasteiger partial charge is 0.338 e. The molecule has 0 saturated heterocycles. The summed E-state index contributed by atoms with van der Waals surface area (Å²) < 4.78 is 37.9. The molecular weight excluding hydrogens is 366 g/mol. The summed E-state index contributed by atoms with van der Waals surface area (Å²) in [6, 6.07) is 10.5. The third-order valence-electron chi connectivity index (χ3n) is 3.16. The van der Waals surface area contributed by atoms with Gasteiger partial charge in [-0.05, 0) is 44.2 Å². The highest BCUT2D eigenvalue weighted by Gasteiger charge is 2.20. The minimum atomic E-state index is -3.91. The number of anilines is 1. The minimum Gasteiger partial charge on any atom is -0.492 e. The van der Waals surface area contributed by atoms with Crippen LogP contribution < -0.4 is 9.46 Å². The zero-order valence-electron chi connectivity index (χ0n) is 13.8. The molecule has 134 valence electrons. The SMILES string of the molecule is CCOC(=O)c1ccc(NS(=O)(=O)c2ccccc2Cl)c(OCC)c1. The molecule has 8 heteroatoms. The van der Waals surface area contributed by atoms with Crippen molar-refractivity contribution in [3.63, 3.8) is 0 Å². The molecule has 0 amide bonds. The van der Waals surface area contributed by atoms with Gasteiger partial charge in [-0.15, -0.1) is 0 Å². The highest BCUT2D eigenvalue weighted by atomic mass is 35.5. The molecule has 2 aromatic carbocycles. The number of nitrogens with one attached hydrogen (secondary N) is 1. The van der Waals surface area contributed by atoms with Crippen molar-refractivity contribution in [3.8, 4) is 5.75 Å². The third kappa shape index (κ3) is 4.64. The van der Waals surface area contributed by atoms with Crippen LogP contribution in [0, 0.1) is 0 Å². The molecule has 0 aliphatic carbocycles. The summed E-state index contributed by atoms with van der Waals surface area (Å²) in [5.41, 5.74) is 0.473. The molecule has 6 nitrogen and oxygen atoms in total. The standard InChI is InChI=1S/C17H18ClNO5S/c1-3-23-15-11-12(17(20)24-4-2)9-10-14(15)19-25(21,22)16-8-6-5-7-13(16)18/h5-11,19H,3-4H2,1-2H3. The highest BCUT2D eigenvalue weighted by Crippen LogP contribution is 2.30. The molecule has 0 unspecified atom stereocenters. The van der Waals surface area contributed by atoms with Crippen molar-refractivity contribution in [3.05, 3.63) is 53.1 Å². The predicted molar refractivity (Wildman–Crippen MR) is 95.8 cm³/mol. The lowest BCUT2D eigenvalue weighted by Gasteiger charge is -2.14. The molecule has 0 atom stereocenters. The molecule has 0 aliphatic heterocycles. The first-order valence-electron chi connectivity index (χ1n) is 7.60. The van der Waals surface area contributed by atoms with E-state index in [1.165, 1.54) is 30.3 Å². The molecule has 0 heterocycles. The Morgan fingerprint density at radius 2 is 1.84 bits per heavy atom. The van der Waals surface area contributed by atoms with Gasteiger partial charge in [0.25, 0.3) is 10.0 Å². The van der Waals surface area contributed by atoms with Gasteiger partial charge in [0.2, 0.25) is 0 Å². The molecule has 2 rings (SSSR count). The molecule has 0 spiro atoms. The predicted octanol–water partition coefficient (Wildman–Crippen LogP) is 3.72. The van der Waals surface area contributed by atoms with Crippen molar-refractivity contribution < 1.29 is 22.7 Å². The van der Waals surface area contributed by atoms with Crippen molar-refractivity contribution >= 4 is 33.3 Å². The fraction of sp³-hybridized carbons (Fsp3) is 0.235. The van der Waals surface area contributed by atoms with Crippen LogP contribution in [0.2, 0.25) is 5.02 Å². The monoisotopic (exact) mass is 383 g/mol. The van der Waals surface area contributed by atoms with E-state index in [-0.39, 0.29) is 33.5 Å². The largest absolute Gasteiger partial charge is 0.492 e. The molecule has 2 aromatic rings. The summed E-state index contributed by atoms with van der Waals surface area (Å²) in [5.74, 6) is -0.285. The van der Waals surface area contributed by atoms with E-state index in [9.17, 15) is 13.2 Å². The Hall–Kier alpha value is -2.25. The Labute approximate surface area is 151 Å². The summed E-state index contributed by atoms with van der Waals surface area (Å²) in [4.78, 5) is 11.8. The van der Waals surface area contributed by atoms with E-state index in [1.54, 1.807) is 26.0 Å². The van der Waals surface area contributed by atoms with Gasteiger partial charge in [-0.2, -0.15) is 0 Å². The van der Waals surface area contributed by atoms with Gasteiger partial charge in [0.1, 0.15) is 10.6 Å². The van der Waals surface area contributed by atoms with Crippen LogP contribution in [0.4, 0.5) is 5.69 Å². The minimum absolute atomic E-state index is 0.0476. The quantitative estimate of drug-likeness (QED) is 0.737. The Bertz CT molecular complexity index is 867. The first kappa shape index (κ1) is 19.1. The van der Waals surface area contributed by atoms with Crippen molar-refractivity contribution in [1.82, 2.24) is 0 Å². The van der Waals surface area contributed by atoms with Crippen LogP contribution in [0.5, 0.6) is 5.75 Å². The maximum absolute atomic E-state index is 12.6. The lowest BCUT2D eigenvalue weighted by molar-refractivity contribution is 0.0526. The third-order valence-corrected chi connectivity index (χ3v) is 5.03. The van der Waals surface area contributed by atoms with Gasteiger partial charge in [-0.25, -0.2) is 13.2 Å². The van der Waals surface area contributed by atoms with Gasteiger partial charge in [0.05, 0.1) is 29.5 Å². The van der Waals surface area contributed by atoms with E-state index in [0.29, 0.717) is 6.61 Å². The van der Waals surface area contributed by atoms with Gasteiger partial charge in [-0.3, -0.25) is 4.72 Å². The number of hydrogen-bond acceptors (Lipinski definition) is 5. The van der Waals surface area contributed by atoms with Crippen LogP contribution in [0.1, 0.15) is 24.2 Å². The normalized spacial score (nSPS) is 11.0. The molecule has 0 fully saturated rings. The molecule has 1 N–H and O–H groups in total. The number of benzene rings is 2. The lowest BCUT2D eigenvalue weighted by atomic mass is 10.2. The summed E-state index contributed by atoms with van der Waals surface area (Å²) in [6.45, 7) is 3.99. The summed E-state index contributed by atoms with van der Waals surface area (Å²) in [7, 11) is -3.91. The maximum atomic E-state index is 12.6. The van der Waals surface area contributed by atoms with Crippen LogP contribution in [-0.2, 0) is 14.8 Å². The molecule has 0 aromatic heterocycles. The van der Waals surface area contributed by atoms with E-state index in [0.717, 1.165) is 0 Å². The van der Waals surface area contributed by atoms with Crippen LogP contribution in [-0.4, -0.2) is 27.6 Å². The number of halogens is 1. The van der Waals surface area contributed by atoms with E-state index < -0.39 is 16.0 Å². The molecule has 0 aliphatic rings. The second-order valence-electron chi connectivity index (χ2n) is 4.90. The molecule has 0 bridgehead atoms. The fourth-order valence-electron chi connectivity index (χ4n) is 2.09. The van der Waals surface area contributed by atoms with Crippen molar-refractivity contribution in [1.29, 1.82) is 0 Å². The van der Waals surface area contributed by atoms with Gasteiger partial charge in [0, 0.05) is 0 Å². The van der Waals surface area contributed by atoms with Crippen molar-refractivity contribution in [2.45, 2.75) is 18.7 Å². The first-order chi connectivity index (χ1) is 11.9. The van der Waals surface area contributed by atoms with Crippen LogP contribution in [0.25, 0.3) is 0 Å². The van der Waals surface area contributed by atoms with E-state index in [4.69, 9.17) is 21.1 Å². The lowest BCUT2D eigenvalue weighted by Crippen LogP contribution is -2.15. The fourth-order valence-corrected chi connectivity index (χ4v) is 3.68. The first-order valence-corrected chi connectivity index (χ1v) is 9.46. The van der Waals surface area contributed by atoms with Crippen molar-refractivity contribution in [2.75, 3.05) is 17.9 Å². The van der Waals surface area contributed by atoms with E-state index >= 15 is 0 Å². The second kappa shape index (κ2) is 8.22. The second-order valence-corrected chi connectivity index (χ2v) is 6.96. The Balaban J connectivity index is 2.38. The number of carbonyl (C=O) groups is 1. The average Bonchev–Trinajstić information content (AvgIpc) is 2.57. The number of sulfonamides is 1. The van der Waals surface area contributed by atoms with E-state index in [2.05, 4.69) is 4.72 Å². The number of rotatable bonds is 7. The van der Waals surface area contributed by atoms with Gasteiger partial charge in [-0.1, -0.05) is 23.7 Å². The summed E-state index contributed by atoms with van der Waals surface area (Å²) >= 11 is 5.97. The van der Waals surface area contributed by atoms with Crippen LogP contribution in [0.15, 0.2) is 47.4 Å². The van der Waals surface area contributed by atoms with Crippen LogP contribution in [0.3, 0.4) is 0 Å². The summed E-state index contributed by atoms with van der Waals surface area (Å²) in [5, 5.41) is 0.108. The Morgan fingerprint density at radius 3 is 2.48 bits per heavy atom.